The van der Waals surface area contributed by atoms with Crippen LogP contribution in [0.25, 0.3) is 0 Å². The highest BCUT2D eigenvalue weighted by atomic mass is 19.1. The first-order valence-electron chi connectivity index (χ1n) is 11.9. The Labute approximate surface area is 196 Å². The number of hydrogen-bond acceptors (Lipinski definition) is 3. The lowest BCUT2D eigenvalue weighted by molar-refractivity contribution is -0.158. The van der Waals surface area contributed by atoms with Crippen molar-refractivity contribution < 1.29 is 13.9 Å². The van der Waals surface area contributed by atoms with Crippen LogP contribution in [0.3, 0.4) is 0 Å². The molecule has 0 amide bonds. The molecule has 0 aromatic heterocycles. The van der Waals surface area contributed by atoms with Crippen molar-refractivity contribution in [2.75, 3.05) is 6.61 Å². The molecule has 1 aliphatic rings. The maximum Gasteiger partial charge on any atom is 0.312 e. The smallest absolute Gasteiger partial charge is 0.312 e. The molecule has 3 aromatic rings. The fraction of sp³-hybridized carbons (Fsp3) is 0.345. The van der Waals surface area contributed by atoms with Gasteiger partial charge in [-0.05, 0) is 67.9 Å². The molecule has 0 aliphatic heterocycles. The third-order valence-electron chi connectivity index (χ3n) is 6.78. The van der Waals surface area contributed by atoms with E-state index >= 15 is 0 Å². The van der Waals surface area contributed by atoms with Crippen molar-refractivity contribution >= 4 is 5.97 Å². The molecule has 172 valence electrons. The predicted octanol–water partition coefficient (Wildman–Crippen LogP) is 6.24. The molecule has 0 saturated heterocycles. The van der Waals surface area contributed by atoms with Gasteiger partial charge in [0.1, 0.15) is 5.82 Å². The van der Waals surface area contributed by atoms with E-state index in [4.69, 9.17) is 4.74 Å². The molecule has 0 spiro atoms. The first-order chi connectivity index (χ1) is 16.1. The van der Waals surface area contributed by atoms with Crippen LogP contribution in [-0.2, 0) is 16.0 Å². The van der Waals surface area contributed by atoms with Crippen LogP contribution in [0.15, 0.2) is 84.9 Å². The average molecular weight is 446 g/mol. The predicted molar refractivity (Wildman–Crippen MR) is 129 cm³/mol. The molecule has 1 saturated carbocycles. The van der Waals surface area contributed by atoms with Gasteiger partial charge in [0.2, 0.25) is 0 Å². The molecule has 0 heterocycles. The summed E-state index contributed by atoms with van der Waals surface area (Å²) in [6.07, 6.45) is 3.85. The van der Waals surface area contributed by atoms with E-state index in [0.717, 1.165) is 31.2 Å². The van der Waals surface area contributed by atoms with Crippen LogP contribution in [0, 0.1) is 11.2 Å². The van der Waals surface area contributed by atoms with Crippen molar-refractivity contribution in [3.8, 4) is 0 Å². The average Bonchev–Trinajstić information content (AvgIpc) is 2.86. The van der Waals surface area contributed by atoms with Crippen LogP contribution in [0.5, 0.6) is 0 Å². The fourth-order valence-electron chi connectivity index (χ4n) is 4.98. The molecule has 0 unspecified atom stereocenters. The van der Waals surface area contributed by atoms with Gasteiger partial charge in [-0.25, -0.2) is 4.39 Å². The number of halogens is 1. The maximum atomic E-state index is 13.4. The van der Waals surface area contributed by atoms with Gasteiger partial charge in [0.05, 0.1) is 18.1 Å². The van der Waals surface area contributed by atoms with E-state index in [0.29, 0.717) is 19.1 Å². The summed E-state index contributed by atoms with van der Waals surface area (Å²) in [5.41, 5.74) is 2.89. The molecule has 0 bridgehead atoms. The van der Waals surface area contributed by atoms with E-state index in [-0.39, 0.29) is 17.8 Å². The van der Waals surface area contributed by atoms with Crippen LogP contribution in [0.4, 0.5) is 4.39 Å². The number of benzene rings is 3. The number of carbonyl (C=O) groups is 1. The zero-order valence-corrected chi connectivity index (χ0v) is 19.2. The summed E-state index contributed by atoms with van der Waals surface area (Å²) in [7, 11) is 0. The number of ether oxygens (including phenoxy) is 1. The van der Waals surface area contributed by atoms with Crippen molar-refractivity contribution in [2.24, 2.45) is 5.41 Å². The van der Waals surface area contributed by atoms with Crippen LogP contribution in [0.1, 0.15) is 55.3 Å². The molecule has 0 radical (unpaired) electrons. The minimum absolute atomic E-state index is 0.101. The monoisotopic (exact) mass is 445 g/mol. The second-order valence-electron chi connectivity index (χ2n) is 9.00. The highest BCUT2D eigenvalue weighted by molar-refractivity contribution is 5.77. The molecule has 4 heteroatoms. The second-order valence-corrected chi connectivity index (χ2v) is 9.00. The lowest BCUT2D eigenvalue weighted by Gasteiger charge is -2.40. The molecule has 1 aliphatic carbocycles. The summed E-state index contributed by atoms with van der Waals surface area (Å²) < 4.78 is 18.9. The Kier molecular flexibility index (Phi) is 7.56. The van der Waals surface area contributed by atoms with E-state index in [1.54, 1.807) is 12.1 Å². The van der Waals surface area contributed by atoms with Crippen LogP contribution < -0.4 is 5.32 Å². The zero-order chi connectivity index (χ0) is 23.1. The Bertz CT molecular complexity index is 973. The van der Waals surface area contributed by atoms with Gasteiger partial charge in [-0.2, -0.15) is 0 Å². The Balaban J connectivity index is 1.50. The van der Waals surface area contributed by atoms with Gasteiger partial charge < -0.3 is 10.1 Å². The van der Waals surface area contributed by atoms with E-state index in [9.17, 15) is 9.18 Å². The van der Waals surface area contributed by atoms with Gasteiger partial charge in [-0.1, -0.05) is 72.8 Å². The third kappa shape index (κ3) is 5.69. The molecule has 3 aromatic carbocycles. The first-order valence-corrected chi connectivity index (χ1v) is 11.9. The maximum absolute atomic E-state index is 13.4. The van der Waals surface area contributed by atoms with Gasteiger partial charge in [0.25, 0.3) is 0 Å². The number of esters is 1. The molecule has 4 rings (SSSR count). The van der Waals surface area contributed by atoms with Crippen molar-refractivity contribution in [1.82, 2.24) is 5.32 Å². The normalized spacial score (nSPS) is 20.5. The van der Waals surface area contributed by atoms with Crippen molar-refractivity contribution in [2.45, 2.75) is 51.1 Å². The molecule has 0 atom stereocenters. The minimum Gasteiger partial charge on any atom is -0.466 e. The zero-order valence-electron chi connectivity index (χ0n) is 19.2. The summed E-state index contributed by atoms with van der Waals surface area (Å²) in [6.45, 7) is 2.22. The summed E-state index contributed by atoms with van der Waals surface area (Å²) >= 11 is 0. The van der Waals surface area contributed by atoms with Crippen molar-refractivity contribution in [3.63, 3.8) is 0 Å². The minimum atomic E-state index is -0.555. The SMILES string of the molecule is CCOC(=O)C1(Cc2ccc(F)cc2)CCC(NC(c2ccccc2)c2ccccc2)CC1. The molecular weight excluding hydrogens is 413 g/mol. The molecular formula is C29H32FNO2. The van der Waals surface area contributed by atoms with Crippen LogP contribution >= 0.6 is 0 Å². The number of nitrogens with one attached hydrogen (secondary N) is 1. The summed E-state index contributed by atoms with van der Waals surface area (Å²) in [6, 6.07) is 27.9. The quantitative estimate of drug-likeness (QED) is 0.417. The van der Waals surface area contributed by atoms with Gasteiger partial charge in [0, 0.05) is 6.04 Å². The Morgan fingerprint density at radius 3 is 2.00 bits per heavy atom. The van der Waals surface area contributed by atoms with Crippen LogP contribution in [0.2, 0.25) is 0 Å². The van der Waals surface area contributed by atoms with Gasteiger partial charge in [0.15, 0.2) is 0 Å². The van der Waals surface area contributed by atoms with Crippen molar-refractivity contribution in [1.29, 1.82) is 0 Å². The summed E-state index contributed by atoms with van der Waals surface area (Å²) in [5.74, 6) is -0.389. The Morgan fingerprint density at radius 1 is 0.939 bits per heavy atom. The van der Waals surface area contributed by atoms with Crippen LogP contribution in [-0.4, -0.2) is 18.6 Å². The topological polar surface area (TPSA) is 38.3 Å². The standard InChI is InChI=1S/C29H32FNO2/c1-2-33-28(32)29(21-22-13-15-25(30)16-14-22)19-17-26(18-20-29)31-27(23-9-5-3-6-10-23)24-11-7-4-8-12-24/h3-16,26-27,31H,2,17-21H2,1H3. The molecule has 33 heavy (non-hydrogen) atoms. The number of hydrogen-bond donors (Lipinski definition) is 1. The molecule has 1 N–H and O–H groups in total. The lowest BCUT2D eigenvalue weighted by Crippen LogP contribution is -2.44. The van der Waals surface area contributed by atoms with Gasteiger partial charge in [-0.3, -0.25) is 4.79 Å². The van der Waals surface area contributed by atoms with E-state index < -0.39 is 5.41 Å². The van der Waals surface area contributed by atoms with Crippen molar-refractivity contribution in [3.05, 3.63) is 107 Å². The largest absolute Gasteiger partial charge is 0.466 e. The van der Waals surface area contributed by atoms with E-state index in [2.05, 4.69) is 53.8 Å². The second kappa shape index (κ2) is 10.8. The molecule has 1 fully saturated rings. The number of carbonyl (C=O) groups excluding carboxylic acids is 1. The van der Waals surface area contributed by atoms with E-state index in [1.807, 2.05) is 19.1 Å². The Morgan fingerprint density at radius 2 is 1.48 bits per heavy atom. The van der Waals surface area contributed by atoms with Gasteiger partial charge in [-0.15, -0.1) is 0 Å². The summed E-state index contributed by atoms with van der Waals surface area (Å²) in [5, 5.41) is 3.87. The van der Waals surface area contributed by atoms with Gasteiger partial charge >= 0.3 is 5.97 Å². The highest BCUT2D eigenvalue weighted by Gasteiger charge is 2.43. The Hall–Kier alpha value is -2.98. The highest BCUT2D eigenvalue weighted by Crippen LogP contribution is 2.41. The fourth-order valence-corrected chi connectivity index (χ4v) is 4.98. The first kappa shape index (κ1) is 23.2. The molecule has 3 nitrogen and oxygen atoms in total. The third-order valence-corrected chi connectivity index (χ3v) is 6.78. The lowest BCUT2D eigenvalue weighted by atomic mass is 9.69. The number of rotatable bonds is 8. The van der Waals surface area contributed by atoms with E-state index in [1.165, 1.54) is 23.3 Å². The summed E-state index contributed by atoms with van der Waals surface area (Å²) in [4.78, 5) is 13.0.